The molecule has 1 aliphatic rings. The van der Waals surface area contributed by atoms with Gasteiger partial charge in [0.15, 0.2) is 0 Å². The summed E-state index contributed by atoms with van der Waals surface area (Å²) >= 11 is 0. The van der Waals surface area contributed by atoms with Gasteiger partial charge in [0.25, 0.3) is 0 Å². The SMILES string of the molecule is C1=C=C(c2ccccc2-c2ccc(N(c3ccccc3-c3ccccc3-c3ccccc3)c3ccccc3-c3cccc4c3oc3ccccc34)cc2)C(n2c3ccccc3c3ccccc32)=CC=1. The second kappa shape index (κ2) is 16.8. The van der Waals surface area contributed by atoms with Crippen molar-refractivity contribution in [2.24, 2.45) is 0 Å². The van der Waals surface area contributed by atoms with Gasteiger partial charge in [0.1, 0.15) is 11.2 Å². The van der Waals surface area contributed by atoms with E-state index in [0.29, 0.717) is 0 Å². The van der Waals surface area contributed by atoms with Crippen molar-refractivity contribution in [3.8, 4) is 44.5 Å². The van der Waals surface area contributed by atoms with Crippen molar-refractivity contribution in [3.05, 3.63) is 272 Å². The normalized spacial score (nSPS) is 12.2. The lowest BCUT2D eigenvalue weighted by molar-refractivity contribution is 0.670. The van der Waals surface area contributed by atoms with Gasteiger partial charge in [-0.15, -0.1) is 0 Å². The van der Waals surface area contributed by atoms with Crippen LogP contribution in [0.15, 0.2) is 271 Å². The van der Waals surface area contributed by atoms with Crippen LogP contribution in [-0.2, 0) is 0 Å². The van der Waals surface area contributed by atoms with Gasteiger partial charge in [-0.1, -0.05) is 212 Å². The van der Waals surface area contributed by atoms with E-state index in [0.717, 1.165) is 100 Å². The molecule has 0 fully saturated rings. The van der Waals surface area contributed by atoms with E-state index in [9.17, 15) is 0 Å². The molecule has 3 nitrogen and oxygen atoms in total. The average molecular weight is 879 g/mol. The minimum atomic E-state index is 0.871. The van der Waals surface area contributed by atoms with Gasteiger partial charge in [0.05, 0.1) is 33.7 Å². The van der Waals surface area contributed by atoms with Crippen LogP contribution in [0.3, 0.4) is 0 Å². The summed E-state index contributed by atoms with van der Waals surface area (Å²) in [5, 5.41) is 4.65. The molecular weight excluding hydrogens is 837 g/mol. The van der Waals surface area contributed by atoms with Crippen LogP contribution in [0.1, 0.15) is 5.56 Å². The van der Waals surface area contributed by atoms with Crippen LogP contribution in [0, 0.1) is 0 Å². The van der Waals surface area contributed by atoms with Crippen LogP contribution in [0.4, 0.5) is 17.1 Å². The molecule has 322 valence electrons. The molecule has 1 aliphatic carbocycles. The van der Waals surface area contributed by atoms with E-state index >= 15 is 0 Å². The number of hydrogen-bond acceptors (Lipinski definition) is 2. The number of fused-ring (bicyclic) bond motifs is 6. The third kappa shape index (κ3) is 6.77. The van der Waals surface area contributed by atoms with E-state index in [4.69, 9.17) is 4.42 Å². The molecule has 0 spiro atoms. The van der Waals surface area contributed by atoms with Crippen LogP contribution < -0.4 is 4.90 Å². The van der Waals surface area contributed by atoms with Gasteiger partial charge in [-0.3, -0.25) is 0 Å². The summed E-state index contributed by atoms with van der Waals surface area (Å²) in [7, 11) is 0. The Bertz CT molecular complexity index is 4040. The van der Waals surface area contributed by atoms with Gasteiger partial charge in [0, 0.05) is 49.5 Å². The molecule has 0 atom stereocenters. The van der Waals surface area contributed by atoms with Crippen LogP contribution in [0.5, 0.6) is 0 Å². The molecule has 2 aromatic heterocycles. The number of rotatable bonds is 9. The first-order chi connectivity index (χ1) is 34.3. The smallest absolute Gasteiger partial charge is 0.143 e. The third-order valence-corrected chi connectivity index (χ3v) is 13.5. The molecule has 0 N–H and O–H groups in total. The van der Waals surface area contributed by atoms with Gasteiger partial charge in [-0.05, 0) is 82.4 Å². The summed E-state index contributed by atoms with van der Waals surface area (Å²) in [5.74, 6) is 0. The van der Waals surface area contributed by atoms with Crippen molar-refractivity contribution >= 4 is 72.1 Å². The lowest BCUT2D eigenvalue weighted by atomic mass is 9.91. The number of anilines is 3. The Morgan fingerprint density at radius 2 is 0.855 bits per heavy atom. The molecule has 0 saturated carbocycles. The van der Waals surface area contributed by atoms with Crippen LogP contribution in [-0.4, -0.2) is 4.57 Å². The monoisotopic (exact) mass is 878 g/mol. The largest absolute Gasteiger partial charge is 0.455 e. The summed E-state index contributed by atoms with van der Waals surface area (Å²) in [6, 6.07) is 86.7. The fourth-order valence-corrected chi connectivity index (χ4v) is 10.4. The van der Waals surface area contributed by atoms with Crippen molar-refractivity contribution in [3.63, 3.8) is 0 Å². The molecule has 0 amide bonds. The molecule has 2 heterocycles. The molecular formula is C66H42N2O. The molecule has 0 saturated heterocycles. The van der Waals surface area contributed by atoms with Gasteiger partial charge in [0.2, 0.25) is 0 Å². The standard InChI is InChI=1S/C66H42N2O/c1-2-21-45(22-3-1)48-23-4-6-25-50(48)52-27-8-14-35-60(52)67(61-36-15-12-31-56(61)58-33-20-34-59-57-32-13-19-40-65(57)69-66(58)59)47-43-41-46(42-44-47)49-24-5-7-26-51(49)53-28-9-16-37-62(53)68-63-38-17-10-29-54(63)55-30-11-18-39-64(55)68/h1-8,10-27,29-44H. The molecule has 0 aliphatic heterocycles. The van der Waals surface area contributed by atoms with Crippen molar-refractivity contribution in [2.75, 3.05) is 4.90 Å². The maximum absolute atomic E-state index is 6.70. The Morgan fingerprint density at radius 1 is 0.362 bits per heavy atom. The molecule has 3 heteroatoms. The zero-order chi connectivity index (χ0) is 45.7. The fraction of sp³-hybridized carbons (Fsp3) is 0. The van der Waals surface area contributed by atoms with Gasteiger partial charge in [-0.2, -0.15) is 0 Å². The number of aromatic nitrogens is 1. The average Bonchev–Trinajstić information content (AvgIpc) is 3.98. The molecule has 0 radical (unpaired) electrons. The zero-order valence-electron chi connectivity index (χ0n) is 37.6. The third-order valence-electron chi connectivity index (χ3n) is 13.5. The Morgan fingerprint density at radius 3 is 1.55 bits per heavy atom. The molecule has 69 heavy (non-hydrogen) atoms. The summed E-state index contributed by atoms with van der Waals surface area (Å²) in [6.45, 7) is 0. The van der Waals surface area contributed by atoms with Crippen LogP contribution in [0.25, 0.3) is 99.5 Å². The topological polar surface area (TPSA) is 21.3 Å². The fourth-order valence-electron chi connectivity index (χ4n) is 10.4. The maximum atomic E-state index is 6.70. The van der Waals surface area contributed by atoms with E-state index in [-0.39, 0.29) is 0 Å². The number of hydrogen-bond donors (Lipinski definition) is 0. The van der Waals surface area contributed by atoms with Crippen molar-refractivity contribution in [1.29, 1.82) is 0 Å². The summed E-state index contributed by atoms with van der Waals surface area (Å²) < 4.78 is 9.08. The minimum Gasteiger partial charge on any atom is -0.455 e. The number of para-hydroxylation sites is 6. The van der Waals surface area contributed by atoms with E-state index in [2.05, 4.69) is 264 Å². The van der Waals surface area contributed by atoms with Crippen molar-refractivity contribution in [2.45, 2.75) is 0 Å². The number of allylic oxidation sites excluding steroid dienone is 4. The Kier molecular flexibility index (Phi) is 9.74. The van der Waals surface area contributed by atoms with Crippen molar-refractivity contribution < 1.29 is 4.42 Å². The molecule has 12 aromatic rings. The van der Waals surface area contributed by atoms with Crippen LogP contribution >= 0.6 is 0 Å². The molecule has 0 bridgehead atoms. The molecule has 10 aromatic carbocycles. The number of benzene rings is 10. The van der Waals surface area contributed by atoms with E-state index < -0.39 is 0 Å². The molecule has 13 rings (SSSR count). The zero-order valence-corrected chi connectivity index (χ0v) is 37.6. The maximum Gasteiger partial charge on any atom is 0.143 e. The second-order valence-corrected chi connectivity index (χ2v) is 17.4. The van der Waals surface area contributed by atoms with E-state index in [1.54, 1.807) is 0 Å². The first kappa shape index (κ1) is 40.0. The van der Waals surface area contributed by atoms with Crippen LogP contribution in [0.2, 0.25) is 0 Å². The van der Waals surface area contributed by atoms with Gasteiger partial charge >= 0.3 is 0 Å². The summed E-state index contributed by atoms with van der Waals surface area (Å²) in [5.41, 5.74) is 26.1. The van der Waals surface area contributed by atoms with E-state index in [1.165, 1.54) is 21.9 Å². The van der Waals surface area contributed by atoms with Gasteiger partial charge < -0.3 is 13.9 Å². The van der Waals surface area contributed by atoms with E-state index in [1.807, 2.05) is 12.1 Å². The highest BCUT2D eigenvalue weighted by atomic mass is 16.3. The Hall–Kier alpha value is -9.36. The lowest BCUT2D eigenvalue weighted by Crippen LogP contribution is -2.12. The Balaban J connectivity index is 0.981. The highest BCUT2D eigenvalue weighted by molar-refractivity contribution is 6.15. The summed E-state index contributed by atoms with van der Waals surface area (Å²) in [6.07, 6.45) is 4.14. The highest BCUT2D eigenvalue weighted by Gasteiger charge is 2.25. The second-order valence-electron chi connectivity index (χ2n) is 17.4. The Labute approximate surface area is 400 Å². The predicted octanol–water partition coefficient (Wildman–Crippen LogP) is 18.1. The molecule has 0 unspecified atom stereocenters. The lowest BCUT2D eigenvalue weighted by Gasteiger charge is -2.30. The number of nitrogens with zero attached hydrogens (tertiary/aromatic N) is 2. The first-order valence-corrected chi connectivity index (χ1v) is 23.4. The number of furan rings is 1. The van der Waals surface area contributed by atoms with Gasteiger partial charge in [-0.25, -0.2) is 0 Å². The highest BCUT2D eigenvalue weighted by Crippen LogP contribution is 2.49. The minimum absolute atomic E-state index is 0.871. The predicted molar refractivity (Wildman–Crippen MR) is 289 cm³/mol. The first-order valence-electron chi connectivity index (χ1n) is 23.4. The van der Waals surface area contributed by atoms with Crippen molar-refractivity contribution in [1.82, 2.24) is 4.57 Å². The quantitative estimate of drug-likeness (QED) is 0.135. The summed E-state index contributed by atoms with van der Waals surface area (Å²) in [4.78, 5) is 2.42.